The summed E-state index contributed by atoms with van der Waals surface area (Å²) < 4.78 is 31.3. The minimum absolute atomic E-state index is 0.181. The number of benzene rings is 3. The fourth-order valence-electron chi connectivity index (χ4n) is 2.63. The van der Waals surface area contributed by atoms with Crippen LogP contribution in [0.5, 0.6) is 11.5 Å². The van der Waals surface area contributed by atoms with Crippen LogP contribution in [-0.4, -0.2) is 27.1 Å². The van der Waals surface area contributed by atoms with E-state index in [0.717, 1.165) is 10.6 Å². The molecule has 0 aliphatic rings. The van der Waals surface area contributed by atoms with Crippen LogP contribution in [0.15, 0.2) is 72.8 Å². The summed E-state index contributed by atoms with van der Waals surface area (Å²) >= 11 is 12.0. The molecule has 0 aromatic heterocycles. The number of rotatable bonds is 7. The lowest BCUT2D eigenvalue weighted by atomic mass is 10.3. The molecule has 156 valence electrons. The maximum absolute atomic E-state index is 12.5. The largest absolute Gasteiger partial charge is 0.457 e. The Bertz CT molecular complexity index is 1140. The Hall–Kier alpha value is -2.74. The Morgan fingerprint density at radius 1 is 0.933 bits per heavy atom. The van der Waals surface area contributed by atoms with Crippen LogP contribution in [0.1, 0.15) is 0 Å². The first-order valence-electron chi connectivity index (χ1n) is 8.78. The number of para-hydroxylation sites is 1. The highest BCUT2D eigenvalue weighted by Gasteiger charge is 2.21. The number of carbonyl (C=O) groups is 1. The molecule has 0 bridgehead atoms. The van der Waals surface area contributed by atoms with Crippen LogP contribution in [0.2, 0.25) is 10.0 Å². The topological polar surface area (TPSA) is 75.7 Å². The monoisotopic (exact) mass is 464 g/mol. The number of nitrogens with one attached hydrogen (secondary N) is 1. The van der Waals surface area contributed by atoms with Gasteiger partial charge in [0.25, 0.3) is 0 Å². The van der Waals surface area contributed by atoms with Crippen LogP contribution < -0.4 is 14.4 Å². The van der Waals surface area contributed by atoms with Crippen molar-refractivity contribution < 1.29 is 17.9 Å². The predicted molar refractivity (Wildman–Crippen MR) is 120 cm³/mol. The average molecular weight is 465 g/mol. The first-order valence-corrected chi connectivity index (χ1v) is 11.4. The molecule has 30 heavy (non-hydrogen) atoms. The van der Waals surface area contributed by atoms with E-state index in [-0.39, 0.29) is 10.0 Å². The fraction of sp³-hybridized carbons (Fsp3) is 0.0952. The molecular weight excluding hydrogens is 447 g/mol. The van der Waals surface area contributed by atoms with E-state index in [0.29, 0.717) is 22.9 Å². The van der Waals surface area contributed by atoms with Crippen molar-refractivity contribution in [3.63, 3.8) is 0 Å². The van der Waals surface area contributed by atoms with Crippen molar-refractivity contribution in [2.45, 2.75) is 0 Å². The smallest absolute Gasteiger partial charge is 0.245 e. The summed E-state index contributed by atoms with van der Waals surface area (Å²) in [5, 5.41) is 3.04. The number of sulfonamides is 1. The zero-order valence-electron chi connectivity index (χ0n) is 15.9. The maximum Gasteiger partial charge on any atom is 0.245 e. The lowest BCUT2D eigenvalue weighted by molar-refractivity contribution is -0.114. The number of halogens is 2. The molecule has 1 N–H and O–H groups in total. The Kier molecular flexibility index (Phi) is 6.87. The van der Waals surface area contributed by atoms with Crippen LogP contribution in [0.3, 0.4) is 0 Å². The quantitative estimate of drug-likeness (QED) is 0.521. The number of nitrogens with zero attached hydrogens (tertiary/aromatic N) is 1. The van der Waals surface area contributed by atoms with E-state index < -0.39 is 22.5 Å². The van der Waals surface area contributed by atoms with Crippen LogP contribution in [-0.2, 0) is 14.8 Å². The summed E-state index contributed by atoms with van der Waals surface area (Å²) in [5.74, 6) is 0.630. The van der Waals surface area contributed by atoms with Gasteiger partial charge >= 0.3 is 0 Å². The molecule has 0 aliphatic heterocycles. The summed E-state index contributed by atoms with van der Waals surface area (Å²) in [4.78, 5) is 12.5. The van der Waals surface area contributed by atoms with E-state index in [2.05, 4.69) is 5.32 Å². The number of hydrogen-bond acceptors (Lipinski definition) is 4. The fourth-order valence-corrected chi connectivity index (χ4v) is 3.83. The molecule has 3 rings (SSSR count). The van der Waals surface area contributed by atoms with Crippen LogP contribution in [0.4, 0.5) is 11.4 Å². The van der Waals surface area contributed by atoms with Crippen LogP contribution in [0, 0.1) is 0 Å². The molecule has 9 heteroatoms. The van der Waals surface area contributed by atoms with Gasteiger partial charge in [-0.2, -0.15) is 0 Å². The highest BCUT2D eigenvalue weighted by molar-refractivity contribution is 7.92. The highest BCUT2D eigenvalue weighted by Crippen LogP contribution is 2.30. The van der Waals surface area contributed by atoms with Gasteiger partial charge in [0.2, 0.25) is 15.9 Å². The van der Waals surface area contributed by atoms with E-state index in [1.807, 2.05) is 30.3 Å². The van der Waals surface area contributed by atoms with Crippen molar-refractivity contribution in [1.82, 2.24) is 0 Å². The summed E-state index contributed by atoms with van der Waals surface area (Å²) in [6.07, 6.45) is 1.03. The Morgan fingerprint density at radius 3 is 2.20 bits per heavy atom. The Morgan fingerprint density at radius 2 is 1.57 bits per heavy atom. The zero-order chi connectivity index (χ0) is 21.7. The molecule has 1 amide bonds. The van der Waals surface area contributed by atoms with Crippen LogP contribution >= 0.6 is 23.2 Å². The van der Waals surface area contributed by atoms with Gasteiger partial charge in [-0.15, -0.1) is 0 Å². The standard InChI is InChI=1S/C21H18Cl2N2O4S/c1-30(27,28)25(14-20(26)24-19-9-5-8-18(22)21(19)23)15-10-12-17(13-11-15)29-16-6-3-2-4-7-16/h2-13H,14H2,1H3,(H,24,26). The Balaban J connectivity index is 1.76. The van der Waals surface area contributed by atoms with E-state index in [4.69, 9.17) is 27.9 Å². The predicted octanol–water partition coefficient (Wildman–Crippen LogP) is 5.19. The Labute approximate surface area is 185 Å². The number of amides is 1. The van der Waals surface area contributed by atoms with Crippen molar-refractivity contribution in [3.8, 4) is 11.5 Å². The average Bonchev–Trinajstić information content (AvgIpc) is 2.70. The van der Waals surface area contributed by atoms with Gasteiger partial charge in [0.1, 0.15) is 18.0 Å². The highest BCUT2D eigenvalue weighted by atomic mass is 35.5. The first-order chi connectivity index (χ1) is 14.2. The van der Waals surface area contributed by atoms with Gasteiger partial charge in [0.05, 0.1) is 27.7 Å². The van der Waals surface area contributed by atoms with Crippen LogP contribution in [0.25, 0.3) is 0 Å². The third kappa shape index (κ3) is 5.66. The molecule has 0 aliphatic carbocycles. The van der Waals surface area contributed by atoms with Gasteiger partial charge in [-0.3, -0.25) is 9.10 Å². The third-order valence-electron chi connectivity index (χ3n) is 4.02. The number of hydrogen-bond donors (Lipinski definition) is 1. The van der Waals surface area contributed by atoms with Gasteiger partial charge in [-0.25, -0.2) is 8.42 Å². The van der Waals surface area contributed by atoms with Crippen molar-refractivity contribution in [2.24, 2.45) is 0 Å². The number of ether oxygens (including phenoxy) is 1. The van der Waals surface area contributed by atoms with Crippen molar-refractivity contribution in [1.29, 1.82) is 0 Å². The normalized spacial score (nSPS) is 11.0. The summed E-state index contributed by atoms with van der Waals surface area (Å²) in [6.45, 7) is -0.430. The molecule has 0 fully saturated rings. The minimum Gasteiger partial charge on any atom is -0.457 e. The molecule has 0 unspecified atom stereocenters. The summed E-state index contributed by atoms with van der Waals surface area (Å²) in [6, 6.07) is 20.4. The van der Waals surface area contributed by atoms with Gasteiger partial charge < -0.3 is 10.1 Å². The van der Waals surface area contributed by atoms with E-state index >= 15 is 0 Å². The van der Waals surface area contributed by atoms with Crippen molar-refractivity contribution >= 4 is 50.5 Å². The van der Waals surface area contributed by atoms with Gasteiger partial charge in [-0.1, -0.05) is 47.5 Å². The van der Waals surface area contributed by atoms with Gasteiger partial charge in [0.15, 0.2) is 0 Å². The molecule has 0 saturated carbocycles. The second kappa shape index (κ2) is 9.38. The summed E-state index contributed by atoms with van der Waals surface area (Å²) in [5.41, 5.74) is 0.625. The lowest BCUT2D eigenvalue weighted by Crippen LogP contribution is -2.37. The molecule has 0 saturated heterocycles. The second-order valence-corrected chi connectivity index (χ2v) is 9.02. The molecule has 3 aromatic carbocycles. The molecule has 0 spiro atoms. The SMILES string of the molecule is CS(=O)(=O)N(CC(=O)Nc1cccc(Cl)c1Cl)c1ccc(Oc2ccccc2)cc1. The minimum atomic E-state index is -3.72. The molecule has 0 radical (unpaired) electrons. The number of anilines is 2. The lowest BCUT2D eigenvalue weighted by Gasteiger charge is -2.22. The van der Waals surface area contributed by atoms with E-state index in [1.54, 1.807) is 42.5 Å². The first kappa shape index (κ1) is 22.0. The number of carbonyl (C=O) groups excluding carboxylic acids is 1. The van der Waals surface area contributed by atoms with Gasteiger partial charge in [0, 0.05) is 0 Å². The zero-order valence-corrected chi connectivity index (χ0v) is 18.2. The molecular formula is C21H18Cl2N2O4S. The summed E-state index contributed by atoms with van der Waals surface area (Å²) in [7, 11) is -3.72. The molecule has 3 aromatic rings. The van der Waals surface area contributed by atoms with Gasteiger partial charge in [-0.05, 0) is 48.5 Å². The molecule has 6 nitrogen and oxygen atoms in total. The molecule has 0 heterocycles. The van der Waals surface area contributed by atoms with Crippen molar-refractivity contribution in [3.05, 3.63) is 82.8 Å². The van der Waals surface area contributed by atoms with E-state index in [9.17, 15) is 13.2 Å². The third-order valence-corrected chi connectivity index (χ3v) is 5.98. The maximum atomic E-state index is 12.5. The molecule has 0 atom stereocenters. The van der Waals surface area contributed by atoms with E-state index in [1.165, 1.54) is 0 Å². The van der Waals surface area contributed by atoms with Crippen molar-refractivity contribution in [2.75, 3.05) is 22.4 Å². The second-order valence-electron chi connectivity index (χ2n) is 6.33.